The standard InChI is InChI=1S/C21H18N4O2/c22-10-17-6-5-15(11-24-17)21(26)25-20-13-27-12-16(20)9-14-7-8-23-19-4-2-1-3-18(14)19/h1-8,11,16,20H,9,12-13H2,(H,25,26)/t16-,20-/m1/s1. The molecule has 3 aromatic rings. The van der Waals surface area contributed by atoms with Gasteiger partial charge in [0.1, 0.15) is 11.8 Å². The van der Waals surface area contributed by atoms with Crippen LogP contribution in [0.15, 0.2) is 54.9 Å². The number of ether oxygens (including phenoxy) is 1. The third-order valence-corrected chi connectivity index (χ3v) is 4.88. The molecule has 6 nitrogen and oxygen atoms in total. The van der Waals surface area contributed by atoms with Crippen molar-refractivity contribution in [2.24, 2.45) is 5.92 Å². The number of hydrogen-bond donors (Lipinski definition) is 1. The summed E-state index contributed by atoms with van der Waals surface area (Å²) in [5, 5.41) is 13.0. The van der Waals surface area contributed by atoms with Crippen LogP contribution < -0.4 is 5.32 Å². The summed E-state index contributed by atoms with van der Waals surface area (Å²) < 4.78 is 5.64. The molecule has 1 saturated heterocycles. The van der Waals surface area contributed by atoms with Crippen LogP contribution in [0.3, 0.4) is 0 Å². The summed E-state index contributed by atoms with van der Waals surface area (Å²) in [4.78, 5) is 20.9. The van der Waals surface area contributed by atoms with Gasteiger partial charge in [-0.05, 0) is 36.2 Å². The van der Waals surface area contributed by atoms with E-state index in [1.54, 1.807) is 12.1 Å². The molecule has 0 spiro atoms. The van der Waals surface area contributed by atoms with Gasteiger partial charge in [0.2, 0.25) is 0 Å². The van der Waals surface area contributed by atoms with Crippen LogP contribution in [0.25, 0.3) is 10.9 Å². The van der Waals surface area contributed by atoms with Crippen LogP contribution in [0.4, 0.5) is 0 Å². The van der Waals surface area contributed by atoms with E-state index in [2.05, 4.69) is 21.4 Å². The molecule has 1 aliphatic heterocycles. The summed E-state index contributed by atoms with van der Waals surface area (Å²) in [5.74, 6) is -0.0156. The summed E-state index contributed by atoms with van der Waals surface area (Å²) in [7, 11) is 0. The molecular formula is C21H18N4O2. The number of nitriles is 1. The van der Waals surface area contributed by atoms with E-state index in [0.29, 0.717) is 18.8 Å². The number of pyridine rings is 2. The van der Waals surface area contributed by atoms with Crippen molar-refractivity contribution >= 4 is 16.8 Å². The Kier molecular flexibility index (Phi) is 4.77. The average Bonchev–Trinajstić information content (AvgIpc) is 3.15. The fourth-order valence-corrected chi connectivity index (χ4v) is 3.42. The summed E-state index contributed by atoms with van der Waals surface area (Å²) in [6.07, 6.45) is 4.05. The van der Waals surface area contributed by atoms with Crippen molar-refractivity contribution < 1.29 is 9.53 Å². The van der Waals surface area contributed by atoms with Crippen LogP contribution in [0, 0.1) is 17.2 Å². The number of rotatable bonds is 4. The molecule has 1 aromatic carbocycles. The average molecular weight is 358 g/mol. The Morgan fingerprint density at radius 2 is 2.07 bits per heavy atom. The quantitative estimate of drug-likeness (QED) is 0.774. The minimum absolute atomic E-state index is 0.0694. The molecule has 0 radical (unpaired) electrons. The fourth-order valence-electron chi connectivity index (χ4n) is 3.42. The summed E-state index contributed by atoms with van der Waals surface area (Å²) >= 11 is 0. The molecule has 1 amide bonds. The highest BCUT2D eigenvalue weighted by molar-refractivity contribution is 5.94. The second-order valence-corrected chi connectivity index (χ2v) is 6.61. The van der Waals surface area contributed by atoms with Crippen molar-refractivity contribution in [3.05, 3.63) is 71.7 Å². The molecule has 0 saturated carbocycles. The Balaban J connectivity index is 1.48. The third kappa shape index (κ3) is 3.64. The first kappa shape index (κ1) is 17.1. The fraction of sp³-hybridized carbons (Fsp3) is 0.238. The monoisotopic (exact) mass is 358 g/mol. The van der Waals surface area contributed by atoms with Gasteiger partial charge in [0.15, 0.2) is 0 Å². The normalized spacial score (nSPS) is 18.9. The van der Waals surface area contributed by atoms with Crippen LogP contribution in [-0.4, -0.2) is 35.1 Å². The maximum atomic E-state index is 12.5. The molecule has 0 bridgehead atoms. The zero-order chi connectivity index (χ0) is 18.6. The number of nitrogens with one attached hydrogen (secondary N) is 1. The lowest BCUT2D eigenvalue weighted by Crippen LogP contribution is -2.40. The lowest BCUT2D eigenvalue weighted by molar-refractivity contribution is 0.0924. The van der Waals surface area contributed by atoms with Crippen molar-refractivity contribution in [3.8, 4) is 6.07 Å². The molecule has 3 heterocycles. The highest BCUT2D eigenvalue weighted by Crippen LogP contribution is 2.24. The number of hydrogen-bond acceptors (Lipinski definition) is 5. The lowest BCUT2D eigenvalue weighted by Gasteiger charge is -2.20. The molecule has 0 aliphatic carbocycles. The van der Waals surface area contributed by atoms with E-state index in [4.69, 9.17) is 10.00 Å². The number of fused-ring (bicyclic) bond motifs is 1. The van der Waals surface area contributed by atoms with Gasteiger partial charge in [-0.3, -0.25) is 9.78 Å². The summed E-state index contributed by atoms with van der Waals surface area (Å²) in [5.41, 5.74) is 2.90. The Labute approximate surface area is 156 Å². The van der Waals surface area contributed by atoms with Gasteiger partial charge < -0.3 is 10.1 Å². The Morgan fingerprint density at radius 3 is 2.89 bits per heavy atom. The second kappa shape index (κ2) is 7.52. The first-order valence-corrected chi connectivity index (χ1v) is 8.82. The van der Waals surface area contributed by atoms with Crippen molar-refractivity contribution in [2.75, 3.05) is 13.2 Å². The van der Waals surface area contributed by atoms with E-state index in [9.17, 15) is 4.79 Å². The van der Waals surface area contributed by atoms with Gasteiger partial charge in [-0.1, -0.05) is 18.2 Å². The Bertz CT molecular complexity index is 1010. The zero-order valence-electron chi connectivity index (χ0n) is 14.6. The van der Waals surface area contributed by atoms with Crippen LogP contribution in [0.1, 0.15) is 21.6 Å². The largest absolute Gasteiger partial charge is 0.379 e. The maximum absolute atomic E-state index is 12.5. The van der Waals surface area contributed by atoms with Gasteiger partial charge in [-0.25, -0.2) is 4.98 Å². The Hall–Kier alpha value is -3.30. The minimum Gasteiger partial charge on any atom is -0.379 e. The smallest absolute Gasteiger partial charge is 0.253 e. The predicted octanol–water partition coefficient (Wildman–Crippen LogP) is 2.49. The molecule has 1 aliphatic rings. The SMILES string of the molecule is N#Cc1ccc(C(=O)N[C@@H]2COC[C@H]2Cc2ccnc3ccccc23)cn1. The molecule has 4 rings (SSSR count). The molecule has 1 fully saturated rings. The minimum atomic E-state index is -0.202. The summed E-state index contributed by atoms with van der Waals surface area (Å²) in [6, 6.07) is 15.1. The zero-order valence-corrected chi connectivity index (χ0v) is 14.6. The number of aromatic nitrogens is 2. The van der Waals surface area contributed by atoms with Gasteiger partial charge in [0.05, 0.1) is 30.3 Å². The van der Waals surface area contributed by atoms with Crippen LogP contribution >= 0.6 is 0 Å². The highest BCUT2D eigenvalue weighted by atomic mass is 16.5. The molecule has 1 N–H and O–H groups in total. The Morgan fingerprint density at radius 1 is 1.19 bits per heavy atom. The van der Waals surface area contributed by atoms with E-state index in [0.717, 1.165) is 17.3 Å². The first-order chi connectivity index (χ1) is 13.2. The topological polar surface area (TPSA) is 87.9 Å². The number of nitrogens with zero attached hydrogens (tertiary/aromatic N) is 3. The molecule has 134 valence electrons. The van der Waals surface area contributed by atoms with Crippen LogP contribution in [0.2, 0.25) is 0 Å². The van der Waals surface area contributed by atoms with Crippen molar-refractivity contribution in [1.82, 2.24) is 15.3 Å². The maximum Gasteiger partial charge on any atom is 0.253 e. The van der Waals surface area contributed by atoms with Crippen LogP contribution in [0.5, 0.6) is 0 Å². The van der Waals surface area contributed by atoms with E-state index < -0.39 is 0 Å². The van der Waals surface area contributed by atoms with Gasteiger partial charge in [0, 0.05) is 23.7 Å². The van der Waals surface area contributed by atoms with Crippen molar-refractivity contribution in [1.29, 1.82) is 5.26 Å². The van der Waals surface area contributed by atoms with E-state index in [1.807, 2.05) is 36.5 Å². The predicted molar refractivity (Wildman–Crippen MR) is 100.0 cm³/mol. The van der Waals surface area contributed by atoms with Crippen molar-refractivity contribution in [3.63, 3.8) is 0 Å². The molecule has 6 heteroatoms. The van der Waals surface area contributed by atoms with Crippen molar-refractivity contribution in [2.45, 2.75) is 12.5 Å². The number of carbonyl (C=O) groups excluding carboxylic acids is 1. The second-order valence-electron chi connectivity index (χ2n) is 6.61. The van der Waals surface area contributed by atoms with Gasteiger partial charge in [0.25, 0.3) is 5.91 Å². The first-order valence-electron chi connectivity index (χ1n) is 8.82. The molecule has 27 heavy (non-hydrogen) atoms. The lowest BCUT2D eigenvalue weighted by atomic mass is 9.93. The van der Waals surface area contributed by atoms with Gasteiger partial charge in [-0.2, -0.15) is 5.26 Å². The number of benzene rings is 1. The van der Waals surface area contributed by atoms with E-state index in [1.165, 1.54) is 11.8 Å². The molecule has 2 aromatic heterocycles. The van der Waals surface area contributed by atoms with Gasteiger partial charge in [-0.15, -0.1) is 0 Å². The highest BCUT2D eigenvalue weighted by Gasteiger charge is 2.30. The molecule has 2 atom stereocenters. The van der Waals surface area contributed by atoms with Gasteiger partial charge >= 0.3 is 0 Å². The summed E-state index contributed by atoms with van der Waals surface area (Å²) in [6.45, 7) is 1.09. The molecular weight excluding hydrogens is 340 g/mol. The number of amides is 1. The van der Waals surface area contributed by atoms with Crippen LogP contribution in [-0.2, 0) is 11.2 Å². The van der Waals surface area contributed by atoms with E-state index >= 15 is 0 Å². The van der Waals surface area contributed by atoms with E-state index in [-0.39, 0.29) is 23.6 Å². The number of carbonyl (C=O) groups is 1. The number of para-hydroxylation sites is 1. The third-order valence-electron chi connectivity index (χ3n) is 4.88. The molecule has 0 unspecified atom stereocenters.